The summed E-state index contributed by atoms with van der Waals surface area (Å²) in [5.41, 5.74) is 1.52. The summed E-state index contributed by atoms with van der Waals surface area (Å²) < 4.78 is 25.9. The van der Waals surface area contributed by atoms with Crippen LogP contribution in [-0.4, -0.2) is 18.6 Å². The van der Waals surface area contributed by atoms with Gasteiger partial charge in [0, 0.05) is 16.8 Å². The summed E-state index contributed by atoms with van der Waals surface area (Å²) in [7, 11) is -3.58. The molecule has 2 N–H and O–H groups in total. The van der Waals surface area contributed by atoms with Crippen LogP contribution in [-0.2, 0) is 10.0 Å². The summed E-state index contributed by atoms with van der Waals surface area (Å²) in [5.74, 6) is 0.262. The Kier molecular flexibility index (Phi) is 3.92. The fraction of sp³-hybridized carbons (Fsp3) is 0.0833. The average molecular weight is 298 g/mol. The minimum absolute atomic E-state index is 0.262. The first-order chi connectivity index (χ1) is 8.94. The Hall–Kier alpha value is -1.79. The maximum Gasteiger partial charge on any atom is 0.256 e. The number of anilines is 1. The molecule has 7 heteroatoms. The lowest BCUT2D eigenvalue weighted by molar-refractivity contribution is 0.609. The minimum atomic E-state index is -3.58. The van der Waals surface area contributed by atoms with Crippen LogP contribution < -0.4 is 4.72 Å². The lowest BCUT2D eigenvalue weighted by atomic mass is 10.2. The second kappa shape index (κ2) is 5.46. The third kappa shape index (κ3) is 4.11. The number of hydrogen-bond donors (Lipinski definition) is 2. The van der Waals surface area contributed by atoms with Gasteiger partial charge in [-0.3, -0.25) is 9.82 Å². The predicted octanol–water partition coefficient (Wildman–Crippen LogP) is 2.78. The van der Waals surface area contributed by atoms with Crippen molar-refractivity contribution in [3.8, 4) is 0 Å². The first-order valence-electron chi connectivity index (χ1n) is 5.43. The van der Waals surface area contributed by atoms with Crippen LogP contribution in [0.25, 0.3) is 6.08 Å². The molecule has 1 heterocycles. The molecule has 0 aliphatic rings. The van der Waals surface area contributed by atoms with Gasteiger partial charge < -0.3 is 0 Å². The van der Waals surface area contributed by atoms with E-state index in [1.54, 1.807) is 37.3 Å². The van der Waals surface area contributed by atoms with Crippen molar-refractivity contribution in [2.45, 2.75) is 6.92 Å². The topological polar surface area (TPSA) is 74.8 Å². The zero-order chi connectivity index (χ0) is 13.9. The summed E-state index contributed by atoms with van der Waals surface area (Å²) >= 11 is 5.74. The molecule has 2 rings (SSSR count). The van der Waals surface area contributed by atoms with Crippen molar-refractivity contribution in [3.63, 3.8) is 0 Å². The molecule has 0 unspecified atom stereocenters. The van der Waals surface area contributed by atoms with E-state index in [9.17, 15) is 8.42 Å². The third-order valence-corrected chi connectivity index (χ3v) is 3.50. The van der Waals surface area contributed by atoms with E-state index in [1.807, 2.05) is 0 Å². The highest BCUT2D eigenvalue weighted by Crippen LogP contribution is 2.12. The van der Waals surface area contributed by atoms with Crippen LogP contribution in [0.4, 0.5) is 5.82 Å². The average Bonchev–Trinajstić information content (AvgIpc) is 2.73. The number of sulfonamides is 1. The van der Waals surface area contributed by atoms with Gasteiger partial charge >= 0.3 is 0 Å². The van der Waals surface area contributed by atoms with Gasteiger partial charge in [-0.05, 0) is 30.7 Å². The van der Waals surface area contributed by atoms with Gasteiger partial charge in [-0.1, -0.05) is 23.7 Å². The molecule has 0 radical (unpaired) electrons. The molecule has 0 atom stereocenters. The normalized spacial score (nSPS) is 11.9. The van der Waals surface area contributed by atoms with Gasteiger partial charge in [0.15, 0.2) is 5.82 Å². The van der Waals surface area contributed by atoms with Crippen LogP contribution in [0.5, 0.6) is 0 Å². The van der Waals surface area contributed by atoms with Crippen molar-refractivity contribution in [3.05, 3.63) is 52.0 Å². The van der Waals surface area contributed by atoms with Crippen molar-refractivity contribution in [2.75, 3.05) is 4.72 Å². The summed E-state index contributed by atoms with van der Waals surface area (Å²) in [5, 5.41) is 8.14. The molecule has 0 amide bonds. The number of aryl methyl sites for hydroxylation is 1. The Morgan fingerprint density at radius 1 is 1.32 bits per heavy atom. The Labute approximate surface area is 116 Å². The lowest BCUT2D eigenvalue weighted by Crippen LogP contribution is -2.09. The Morgan fingerprint density at radius 3 is 2.58 bits per heavy atom. The molecule has 0 aliphatic carbocycles. The van der Waals surface area contributed by atoms with E-state index in [1.165, 1.54) is 6.08 Å². The smallest absolute Gasteiger partial charge is 0.256 e. The fourth-order valence-electron chi connectivity index (χ4n) is 1.39. The SMILES string of the molecule is Cc1cc(NS(=O)(=O)C=Cc2ccc(Cl)cc2)n[nH]1. The highest BCUT2D eigenvalue weighted by molar-refractivity contribution is 7.95. The number of nitrogens with zero attached hydrogens (tertiary/aromatic N) is 1. The molecule has 0 spiro atoms. The molecule has 19 heavy (non-hydrogen) atoms. The van der Waals surface area contributed by atoms with Gasteiger partial charge in [-0.15, -0.1) is 0 Å². The lowest BCUT2D eigenvalue weighted by Gasteiger charge is -1.99. The van der Waals surface area contributed by atoms with Crippen LogP contribution in [0.2, 0.25) is 5.02 Å². The van der Waals surface area contributed by atoms with Crippen LogP contribution >= 0.6 is 11.6 Å². The Morgan fingerprint density at radius 2 is 2.00 bits per heavy atom. The monoisotopic (exact) mass is 297 g/mol. The number of aromatic nitrogens is 2. The second-order valence-corrected chi connectivity index (χ2v) is 5.94. The molecule has 0 saturated heterocycles. The molecular formula is C12H12ClN3O2S. The fourth-order valence-corrected chi connectivity index (χ4v) is 2.32. The van der Waals surface area contributed by atoms with E-state index in [0.717, 1.165) is 16.7 Å². The van der Waals surface area contributed by atoms with Crippen molar-refractivity contribution in [2.24, 2.45) is 0 Å². The standard InChI is InChI=1S/C12H12ClN3O2S/c1-9-8-12(15-14-9)16-19(17,18)7-6-10-2-4-11(13)5-3-10/h2-8H,1H3,(H2,14,15,16). The van der Waals surface area contributed by atoms with Gasteiger partial charge in [0.05, 0.1) is 5.41 Å². The van der Waals surface area contributed by atoms with Crippen LogP contribution in [0.15, 0.2) is 35.7 Å². The highest BCUT2D eigenvalue weighted by Gasteiger charge is 2.07. The van der Waals surface area contributed by atoms with Crippen molar-refractivity contribution < 1.29 is 8.42 Å². The first kappa shape index (κ1) is 13.6. The molecule has 0 saturated carbocycles. The first-order valence-corrected chi connectivity index (χ1v) is 7.35. The van der Waals surface area contributed by atoms with Gasteiger partial charge in [0.25, 0.3) is 10.0 Å². The zero-order valence-corrected chi connectivity index (χ0v) is 11.7. The molecule has 5 nitrogen and oxygen atoms in total. The maximum absolute atomic E-state index is 11.8. The van der Waals surface area contributed by atoms with Crippen molar-refractivity contribution in [1.82, 2.24) is 10.2 Å². The summed E-state index contributed by atoms with van der Waals surface area (Å²) in [4.78, 5) is 0. The minimum Gasteiger partial charge on any atom is -0.281 e. The number of rotatable bonds is 4. The number of benzene rings is 1. The number of hydrogen-bond acceptors (Lipinski definition) is 3. The number of nitrogens with one attached hydrogen (secondary N) is 2. The number of halogens is 1. The van der Waals surface area contributed by atoms with Crippen molar-refractivity contribution in [1.29, 1.82) is 0 Å². The summed E-state index contributed by atoms with van der Waals surface area (Å²) in [6.45, 7) is 1.79. The molecule has 2 aromatic rings. The summed E-state index contributed by atoms with van der Waals surface area (Å²) in [6.07, 6.45) is 1.48. The van der Waals surface area contributed by atoms with E-state index in [2.05, 4.69) is 14.9 Å². The number of H-pyrrole nitrogens is 1. The summed E-state index contributed by atoms with van der Waals surface area (Å²) in [6, 6.07) is 8.45. The van der Waals surface area contributed by atoms with E-state index in [0.29, 0.717) is 5.02 Å². The van der Waals surface area contributed by atoms with E-state index in [4.69, 9.17) is 11.6 Å². The van der Waals surface area contributed by atoms with Crippen LogP contribution in [0.1, 0.15) is 11.3 Å². The van der Waals surface area contributed by atoms with Gasteiger partial charge in [0.2, 0.25) is 0 Å². The molecule has 0 fully saturated rings. The van der Waals surface area contributed by atoms with E-state index in [-0.39, 0.29) is 5.82 Å². The molecule has 1 aromatic heterocycles. The highest BCUT2D eigenvalue weighted by atomic mass is 35.5. The van der Waals surface area contributed by atoms with Gasteiger partial charge in [-0.25, -0.2) is 8.42 Å². The van der Waals surface area contributed by atoms with E-state index < -0.39 is 10.0 Å². The van der Waals surface area contributed by atoms with E-state index >= 15 is 0 Å². The van der Waals surface area contributed by atoms with Gasteiger partial charge in [0.1, 0.15) is 0 Å². The largest absolute Gasteiger partial charge is 0.281 e. The third-order valence-electron chi connectivity index (χ3n) is 2.26. The van der Waals surface area contributed by atoms with Gasteiger partial charge in [-0.2, -0.15) is 5.10 Å². The number of aromatic amines is 1. The molecule has 0 aliphatic heterocycles. The Balaban J connectivity index is 2.10. The van der Waals surface area contributed by atoms with Crippen molar-refractivity contribution >= 4 is 33.5 Å². The quantitative estimate of drug-likeness (QED) is 0.911. The molecule has 0 bridgehead atoms. The predicted molar refractivity (Wildman–Crippen MR) is 76.4 cm³/mol. The second-order valence-electron chi connectivity index (χ2n) is 3.94. The van der Waals surface area contributed by atoms with Crippen LogP contribution in [0, 0.1) is 6.92 Å². The Bertz CT molecular complexity index is 690. The van der Waals surface area contributed by atoms with Crippen LogP contribution in [0.3, 0.4) is 0 Å². The molecule has 100 valence electrons. The molecule has 1 aromatic carbocycles. The zero-order valence-electron chi connectivity index (χ0n) is 10.1. The molecular weight excluding hydrogens is 286 g/mol. The maximum atomic E-state index is 11.8.